The van der Waals surface area contributed by atoms with Crippen molar-refractivity contribution in [2.45, 2.75) is 164 Å². The zero-order valence-electron chi connectivity index (χ0n) is 79.3. The van der Waals surface area contributed by atoms with Crippen molar-refractivity contribution in [1.82, 2.24) is 0 Å². The van der Waals surface area contributed by atoms with Gasteiger partial charge in [-0.2, -0.15) is 0 Å². The van der Waals surface area contributed by atoms with Crippen LogP contribution in [0.2, 0.25) is 0 Å². The maximum atomic E-state index is 12.5. The molecule has 3 fully saturated rings. The van der Waals surface area contributed by atoms with Crippen LogP contribution in [-0.2, 0) is 4.79 Å². The Kier molecular flexibility index (Phi) is 32.2. The van der Waals surface area contributed by atoms with Gasteiger partial charge in [-0.1, -0.05) is 298 Å². The van der Waals surface area contributed by atoms with Gasteiger partial charge in [0.2, 0.25) is 0 Å². The van der Waals surface area contributed by atoms with E-state index < -0.39 is 11.9 Å². The lowest BCUT2D eigenvalue weighted by atomic mass is 9.79. The molecule has 0 heterocycles. The third-order valence-electron chi connectivity index (χ3n) is 26.1. The van der Waals surface area contributed by atoms with Crippen LogP contribution in [0.1, 0.15) is 229 Å². The lowest BCUT2D eigenvalue weighted by molar-refractivity contribution is -0.128. The van der Waals surface area contributed by atoms with E-state index in [1.54, 1.807) is 48.5 Å². The fourth-order valence-electron chi connectivity index (χ4n) is 17.7. The van der Waals surface area contributed by atoms with E-state index >= 15 is 0 Å². The molecule has 19 rings (SSSR count). The molecule has 16 aromatic carbocycles. The summed E-state index contributed by atoms with van der Waals surface area (Å²) in [7, 11) is 0. The number of esters is 6. The molecule has 0 atom stereocenters. The van der Waals surface area contributed by atoms with Crippen molar-refractivity contribution in [3.05, 3.63) is 435 Å². The van der Waals surface area contributed by atoms with Gasteiger partial charge >= 0.3 is 35.8 Å². The number of benzene rings is 16. The summed E-state index contributed by atoms with van der Waals surface area (Å²) >= 11 is 0. The molecule has 0 saturated heterocycles. The summed E-state index contributed by atoms with van der Waals surface area (Å²) in [5, 5.41) is 8.76. The van der Waals surface area contributed by atoms with Crippen LogP contribution in [0, 0.1) is 66.2 Å². The molecule has 16 aromatic rings. The molecule has 12 heteroatoms. The zero-order valence-corrected chi connectivity index (χ0v) is 79.3. The number of fused-ring (bicyclic) bond motifs is 4. The highest BCUT2D eigenvalue weighted by Crippen LogP contribution is 2.40. The molecule has 0 amide bonds. The van der Waals surface area contributed by atoms with Gasteiger partial charge in [0.05, 0.1) is 27.8 Å². The molecule has 3 saturated carbocycles. The van der Waals surface area contributed by atoms with Gasteiger partial charge in [0, 0.05) is 6.08 Å². The first-order valence-electron chi connectivity index (χ1n) is 47.6. The van der Waals surface area contributed by atoms with E-state index in [-0.39, 0.29) is 23.9 Å². The minimum absolute atomic E-state index is 0.294. The number of hydrogen-bond donors (Lipinski definition) is 0. The summed E-state index contributed by atoms with van der Waals surface area (Å²) in [6.07, 6.45) is 18.7. The number of ether oxygens (including phenoxy) is 6. The van der Waals surface area contributed by atoms with Crippen LogP contribution >= 0.6 is 0 Å². The minimum Gasteiger partial charge on any atom is -0.423 e. The second kappa shape index (κ2) is 45.7. The summed E-state index contributed by atoms with van der Waals surface area (Å²) in [5.41, 5.74) is 18.2. The van der Waals surface area contributed by atoms with Gasteiger partial charge in [-0.05, 0) is 345 Å². The van der Waals surface area contributed by atoms with Crippen molar-refractivity contribution >= 4 is 85.0 Å². The minimum atomic E-state index is -0.471. The smallest absolute Gasteiger partial charge is 0.343 e. The molecule has 0 radical (unpaired) electrons. The lowest BCUT2D eigenvalue weighted by Gasteiger charge is -2.26. The molecule has 0 bridgehead atoms. The van der Waals surface area contributed by atoms with E-state index in [4.69, 9.17) is 28.4 Å². The van der Waals surface area contributed by atoms with E-state index in [0.717, 1.165) is 77.9 Å². The van der Waals surface area contributed by atoms with Gasteiger partial charge < -0.3 is 28.4 Å². The molecule has 12 nitrogen and oxygen atoms in total. The summed E-state index contributed by atoms with van der Waals surface area (Å²) < 4.78 is 32.8. The normalized spacial score (nSPS) is 16.1. The largest absolute Gasteiger partial charge is 0.423 e. The SMILES string of the molecule is Cc1ccc(-c2ccc(OC(=O)c3ccc4cc(C)ccc4c3)cc2)cc1.Cc1ccc(OC(=O)c2ccc(C3CCC(C)CC3)cc2)cc1.Cc1ccc(OC(=O)c2ccc(OC(=O)c3ccc4cc(C)ccc4c3)cc2)cc1.Cc1ccc2cc(/C=C/C(=O)Oc3ccc(C4CCC(C)CC4)cc3)ccc2c1.Cc1ccc2cc(C(=O)Oc3ccc(C4CCC(C)CC4)cc3)ccc2c1. The van der Waals surface area contributed by atoms with Crippen LogP contribution in [0.15, 0.2) is 346 Å². The van der Waals surface area contributed by atoms with Crippen molar-refractivity contribution < 1.29 is 57.2 Å². The van der Waals surface area contributed by atoms with Gasteiger partial charge in [-0.25, -0.2) is 28.8 Å². The molecule has 0 spiro atoms. The second-order valence-corrected chi connectivity index (χ2v) is 37.2. The maximum absolute atomic E-state index is 12.5. The number of carbonyl (C=O) groups excluding carboxylic acids is 6. The van der Waals surface area contributed by atoms with Gasteiger partial charge in [-0.15, -0.1) is 0 Å². The molecule has 0 N–H and O–H groups in total. The topological polar surface area (TPSA) is 158 Å². The van der Waals surface area contributed by atoms with E-state index in [1.165, 1.54) is 138 Å². The predicted octanol–water partition coefficient (Wildman–Crippen LogP) is 31.5. The first kappa shape index (κ1) is 95.7. The van der Waals surface area contributed by atoms with E-state index in [9.17, 15) is 28.8 Å². The number of rotatable bonds is 17. The fraction of sp³-hybridized carbons (Fsp3) is 0.226. The maximum Gasteiger partial charge on any atom is 0.343 e. The van der Waals surface area contributed by atoms with Crippen LogP contribution in [0.3, 0.4) is 0 Å². The highest BCUT2D eigenvalue weighted by atomic mass is 16.6. The van der Waals surface area contributed by atoms with Crippen molar-refractivity contribution in [2.24, 2.45) is 17.8 Å². The lowest BCUT2D eigenvalue weighted by Crippen LogP contribution is -2.12. The van der Waals surface area contributed by atoms with Gasteiger partial charge in [0.1, 0.15) is 34.5 Å². The Morgan fingerprint density at radius 1 is 0.213 bits per heavy atom. The van der Waals surface area contributed by atoms with Crippen LogP contribution < -0.4 is 28.4 Å². The Morgan fingerprint density at radius 3 is 0.750 bits per heavy atom. The highest BCUT2D eigenvalue weighted by molar-refractivity contribution is 6.00. The van der Waals surface area contributed by atoms with Crippen molar-refractivity contribution in [3.63, 3.8) is 0 Å². The second-order valence-electron chi connectivity index (χ2n) is 37.2. The average Bonchev–Trinajstić information content (AvgIpc) is 0.794. The summed E-state index contributed by atoms with van der Waals surface area (Å²) in [6, 6.07) is 109. The number of hydrogen-bond acceptors (Lipinski definition) is 12. The molecule has 0 aromatic heterocycles. The Hall–Kier alpha value is -14.9. The number of aryl methyl sites for hydroxylation is 7. The highest BCUT2D eigenvalue weighted by Gasteiger charge is 2.25. The fourth-order valence-corrected chi connectivity index (χ4v) is 17.7. The van der Waals surface area contributed by atoms with E-state index in [0.29, 0.717) is 80.1 Å². The molecule has 0 unspecified atom stereocenters. The molecular weight excluding hydrogens is 1680 g/mol. The average molecular weight is 1800 g/mol. The van der Waals surface area contributed by atoms with Gasteiger partial charge in [0.25, 0.3) is 0 Å². The summed E-state index contributed by atoms with van der Waals surface area (Å²) in [5.74, 6) is 5.45. The molecular formula is C124H118O12. The first-order valence-corrected chi connectivity index (χ1v) is 47.6. The third-order valence-corrected chi connectivity index (χ3v) is 26.1. The standard InChI is InChI=1S/C27H28O2.C26H20O4.C25H26O2.C25H20O2.C21H24O2/c1-19-3-8-22(9-4-19)23-12-14-26(15-13-23)29-27(28)16-7-21-6-11-24-17-20(2)5-10-25(24)18-21;1-17-4-11-23(12-5-17)29-25(27)19-9-13-24(14-10-19)30-26(28)22-8-7-20-15-18(2)3-6-21(20)16-22;2*1-17-3-6-19(7-4-17)20-11-13-24(14-12-20)27-25(26)23-10-9-21-15-18(2)5-8-22(21)16-23;1-15-3-7-17(8-4-15)18-9-11-19(12-10-18)21(22)23-20-13-5-16(2)6-14-20/h5-7,10-19,22H,3-4,8-9H2,1-2H3;3-16H,1-2H3;5,8-17,19H,3-4,6-7H2,1-2H3;3-16H,1-2H3;5-6,9-15,17H,3-4,7-8H2,1-2H3/b16-7+;;;;. The van der Waals surface area contributed by atoms with Crippen LogP contribution in [0.5, 0.6) is 34.5 Å². The zero-order chi connectivity index (χ0) is 95.1. The molecule has 3 aliphatic carbocycles. The van der Waals surface area contributed by atoms with Crippen molar-refractivity contribution in [3.8, 4) is 45.6 Å². The van der Waals surface area contributed by atoms with Gasteiger partial charge in [0.15, 0.2) is 0 Å². The molecule has 3 aliphatic rings. The monoisotopic (exact) mass is 1800 g/mol. The number of carbonyl (C=O) groups is 6. The Morgan fingerprint density at radius 2 is 0.426 bits per heavy atom. The first-order chi connectivity index (χ1) is 65.8. The Labute approximate surface area is 799 Å². The van der Waals surface area contributed by atoms with E-state index in [2.05, 4.69) is 164 Å². The van der Waals surface area contributed by atoms with Crippen LogP contribution in [-0.4, -0.2) is 35.8 Å². The third kappa shape index (κ3) is 27.0. The van der Waals surface area contributed by atoms with Crippen molar-refractivity contribution in [1.29, 1.82) is 0 Å². The van der Waals surface area contributed by atoms with E-state index in [1.807, 2.05) is 203 Å². The molecule has 0 aliphatic heterocycles. The van der Waals surface area contributed by atoms with Crippen LogP contribution in [0.25, 0.3) is 60.3 Å². The Bertz CT molecular complexity index is 6870. The predicted molar refractivity (Wildman–Crippen MR) is 550 cm³/mol. The van der Waals surface area contributed by atoms with Gasteiger partial charge in [-0.3, -0.25) is 0 Å². The molecule has 686 valence electrons. The Balaban J connectivity index is 0.000000130. The van der Waals surface area contributed by atoms with Crippen molar-refractivity contribution in [2.75, 3.05) is 0 Å². The molecule has 136 heavy (non-hydrogen) atoms. The summed E-state index contributed by atoms with van der Waals surface area (Å²) in [4.78, 5) is 74.2. The quantitative estimate of drug-likeness (QED) is 0.0483. The summed E-state index contributed by atoms with van der Waals surface area (Å²) in [6.45, 7) is 21.3. The van der Waals surface area contributed by atoms with Crippen LogP contribution in [0.4, 0.5) is 0 Å².